The predicted molar refractivity (Wildman–Crippen MR) is 168 cm³/mol. The van der Waals surface area contributed by atoms with Crippen molar-refractivity contribution in [3.8, 4) is 22.9 Å². The molecule has 10 nitrogen and oxygen atoms in total. The Morgan fingerprint density at radius 3 is 2.70 bits per heavy atom. The summed E-state index contributed by atoms with van der Waals surface area (Å²) in [6, 6.07) is 15.4. The molecule has 1 saturated heterocycles. The van der Waals surface area contributed by atoms with Crippen LogP contribution < -0.4 is 15.4 Å². The van der Waals surface area contributed by atoms with Crippen molar-refractivity contribution in [2.24, 2.45) is 11.3 Å². The lowest BCUT2D eigenvalue weighted by atomic mass is 10.0. The van der Waals surface area contributed by atoms with Gasteiger partial charge in [-0.1, -0.05) is 37.1 Å². The predicted octanol–water partition coefficient (Wildman–Crippen LogP) is 6.87. The number of aryl methyl sites for hydroxylation is 1. The first-order chi connectivity index (χ1) is 21.4. The highest BCUT2D eigenvalue weighted by Crippen LogP contribution is 2.63. The Hall–Kier alpha value is -4.73. The number of nitrogens with zero attached hydrogens (tertiary/aromatic N) is 4. The number of carbonyl (C=O) groups is 2. The van der Waals surface area contributed by atoms with E-state index in [0.29, 0.717) is 41.9 Å². The summed E-state index contributed by atoms with van der Waals surface area (Å²) in [7, 11) is 0. The molecular weight excluding hydrogens is 556 g/mol. The SMILES string of the molecule is Cc1ccc2c(NC(=O)[C@@H]3CC34CCCC4)cccc2c1Oc1ncccc1-c1ccnc(NC2CCCN(C(=O)O)C2)n1. The Labute approximate surface area is 255 Å². The third-order valence-corrected chi connectivity index (χ3v) is 9.50. The summed E-state index contributed by atoms with van der Waals surface area (Å²) in [6.45, 7) is 2.91. The molecular formula is C34H36N6O4. The van der Waals surface area contributed by atoms with Crippen LogP contribution in [0.5, 0.6) is 11.6 Å². The van der Waals surface area contributed by atoms with Crippen molar-refractivity contribution in [2.75, 3.05) is 23.7 Å². The van der Waals surface area contributed by atoms with Crippen molar-refractivity contribution >= 4 is 34.4 Å². The Balaban J connectivity index is 1.14. The van der Waals surface area contributed by atoms with Crippen molar-refractivity contribution in [1.29, 1.82) is 0 Å². The van der Waals surface area contributed by atoms with Gasteiger partial charge < -0.3 is 25.4 Å². The summed E-state index contributed by atoms with van der Waals surface area (Å²) in [5.74, 6) is 1.72. The second-order valence-corrected chi connectivity index (χ2v) is 12.4. The van der Waals surface area contributed by atoms with Gasteiger partial charge in [0.2, 0.25) is 17.7 Å². The number of carboxylic acid groups (broad SMARTS) is 1. The molecule has 0 radical (unpaired) electrons. The van der Waals surface area contributed by atoms with Crippen LogP contribution in [0.1, 0.15) is 50.5 Å². The Morgan fingerprint density at radius 2 is 1.86 bits per heavy atom. The lowest BCUT2D eigenvalue weighted by Gasteiger charge is -2.31. The molecule has 7 rings (SSSR count). The first kappa shape index (κ1) is 28.1. The minimum absolute atomic E-state index is 0.0728. The van der Waals surface area contributed by atoms with Crippen LogP contribution >= 0.6 is 0 Å². The quantitative estimate of drug-likeness (QED) is 0.212. The standard InChI is InChI=1S/C34H36N6O4/c1-21-11-12-23-24(8-4-10-27(23)38-30(41)26-19-34(26)14-2-3-15-34)29(21)44-31-25(9-5-16-35-31)28-13-17-36-32(39-28)37-22-7-6-18-40(20-22)33(42)43/h4-5,8-13,16-17,22,26H,2-3,6-7,14-15,18-20H2,1H3,(H,38,41)(H,42,43)(H,36,37,39)/t22?,26-/m0/s1. The first-order valence-corrected chi connectivity index (χ1v) is 15.4. The van der Waals surface area contributed by atoms with Gasteiger partial charge in [-0.25, -0.2) is 19.7 Å². The lowest BCUT2D eigenvalue weighted by molar-refractivity contribution is -0.118. The maximum atomic E-state index is 13.2. The molecule has 4 aromatic rings. The Morgan fingerprint density at radius 1 is 1.00 bits per heavy atom. The van der Waals surface area contributed by atoms with E-state index < -0.39 is 6.09 Å². The molecule has 2 atom stereocenters. The number of rotatable bonds is 7. The van der Waals surface area contributed by atoms with Crippen molar-refractivity contribution < 1.29 is 19.4 Å². The average Bonchev–Trinajstić information content (AvgIpc) is 3.55. The number of likely N-dealkylation sites (tertiary alicyclic amines) is 1. The number of pyridine rings is 1. The summed E-state index contributed by atoms with van der Waals surface area (Å²) in [6.07, 6.45) is 9.84. The number of aromatic nitrogens is 3. The number of piperidine rings is 1. The summed E-state index contributed by atoms with van der Waals surface area (Å²) < 4.78 is 6.56. The summed E-state index contributed by atoms with van der Waals surface area (Å²) in [5.41, 5.74) is 3.29. The second kappa shape index (κ2) is 11.4. The molecule has 44 heavy (non-hydrogen) atoms. The molecule has 3 aliphatic rings. The highest BCUT2D eigenvalue weighted by atomic mass is 16.5. The second-order valence-electron chi connectivity index (χ2n) is 12.4. The Bertz CT molecular complexity index is 1740. The molecule has 2 aliphatic carbocycles. The summed E-state index contributed by atoms with van der Waals surface area (Å²) in [5, 5.41) is 17.7. The molecule has 3 fully saturated rings. The summed E-state index contributed by atoms with van der Waals surface area (Å²) in [4.78, 5) is 39.8. The van der Waals surface area contributed by atoms with E-state index in [2.05, 4.69) is 20.6 Å². The van der Waals surface area contributed by atoms with Gasteiger partial charge in [-0.05, 0) is 74.3 Å². The number of ether oxygens (including phenoxy) is 1. The largest absolute Gasteiger partial charge is 0.465 e. The lowest BCUT2D eigenvalue weighted by Crippen LogP contribution is -2.44. The molecule has 10 heteroatoms. The zero-order valence-corrected chi connectivity index (χ0v) is 24.8. The van der Waals surface area contributed by atoms with Crippen LogP contribution in [0.25, 0.3) is 22.0 Å². The van der Waals surface area contributed by atoms with E-state index in [1.807, 2.05) is 49.4 Å². The van der Waals surface area contributed by atoms with Gasteiger partial charge >= 0.3 is 6.09 Å². The van der Waals surface area contributed by atoms with Crippen molar-refractivity contribution in [3.05, 3.63) is 66.5 Å². The molecule has 1 aliphatic heterocycles. The first-order valence-electron chi connectivity index (χ1n) is 15.4. The van der Waals surface area contributed by atoms with E-state index in [1.54, 1.807) is 18.5 Å². The van der Waals surface area contributed by atoms with Crippen LogP contribution in [0.3, 0.4) is 0 Å². The van der Waals surface area contributed by atoms with Crippen LogP contribution in [-0.2, 0) is 4.79 Å². The van der Waals surface area contributed by atoms with Crippen molar-refractivity contribution in [3.63, 3.8) is 0 Å². The number of anilines is 2. The van der Waals surface area contributed by atoms with Crippen molar-refractivity contribution in [2.45, 2.75) is 57.9 Å². The minimum Gasteiger partial charge on any atom is -0.465 e. The van der Waals surface area contributed by atoms with E-state index in [9.17, 15) is 14.7 Å². The van der Waals surface area contributed by atoms with Crippen LogP contribution in [0.2, 0.25) is 0 Å². The highest BCUT2D eigenvalue weighted by molar-refractivity contribution is 6.06. The molecule has 1 unspecified atom stereocenters. The van der Waals surface area contributed by atoms with E-state index in [-0.39, 0.29) is 23.3 Å². The normalized spacial score (nSPS) is 20.4. The van der Waals surface area contributed by atoms with Crippen LogP contribution in [-0.4, -0.2) is 56.1 Å². The van der Waals surface area contributed by atoms with Crippen LogP contribution in [0.4, 0.5) is 16.4 Å². The molecule has 0 bridgehead atoms. The summed E-state index contributed by atoms with van der Waals surface area (Å²) >= 11 is 0. The number of carbonyl (C=O) groups excluding carboxylic acids is 1. The smallest absolute Gasteiger partial charge is 0.407 e. The molecule has 3 N–H and O–H groups in total. The molecule has 2 amide bonds. The maximum Gasteiger partial charge on any atom is 0.407 e. The third kappa shape index (κ3) is 5.40. The van der Waals surface area contributed by atoms with E-state index in [0.717, 1.165) is 54.1 Å². The highest BCUT2D eigenvalue weighted by Gasteiger charge is 2.58. The zero-order valence-electron chi connectivity index (χ0n) is 24.8. The molecule has 3 heterocycles. The van der Waals surface area contributed by atoms with Gasteiger partial charge in [-0.2, -0.15) is 0 Å². The van der Waals surface area contributed by atoms with E-state index >= 15 is 0 Å². The fraction of sp³-hybridized carbons (Fsp3) is 0.382. The molecule has 1 spiro atoms. The van der Waals surface area contributed by atoms with Gasteiger partial charge in [0, 0.05) is 53.9 Å². The fourth-order valence-electron chi connectivity index (χ4n) is 7.05. The number of hydrogen-bond donors (Lipinski definition) is 3. The molecule has 2 aromatic carbocycles. The van der Waals surface area contributed by atoms with Crippen molar-refractivity contribution in [1.82, 2.24) is 19.9 Å². The number of hydrogen-bond acceptors (Lipinski definition) is 7. The van der Waals surface area contributed by atoms with Gasteiger partial charge in [0.25, 0.3) is 0 Å². The average molecular weight is 593 g/mol. The van der Waals surface area contributed by atoms with Gasteiger partial charge in [0.15, 0.2) is 0 Å². The van der Waals surface area contributed by atoms with Gasteiger partial charge in [-0.3, -0.25) is 4.79 Å². The monoisotopic (exact) mass is 592 g/mol. The fourth-order valence-corrected chi connectivity index (χ4v) is 7.05. The van der Waals surface area contributed by atoms with E-state index in [4.69, 9.17) is 9.72 Å². The van der Waals surface area contributed by atoms with Gasteiger partial charge in [-0.15, -0.1) is 0 Å². The number of fused-ring (bicyclic) bond motifs is 1. The number of amides is 2. The third-order valence-electron chi connectivity index (χ3n) is 9.50. The molecule has 2 aromatic heterocycles. The number of nitrogens with one attached hydrogen (secondary N) is 2. The zero-order chi connectivity index (χ0) is 30.3. The van der Waals surface area contributed by atoms with E-state index in [1.165, 1.54) is 17.7 Å². The van der Waals surface area contributed by atoms with Gasteiger partial charge in [0.1, 0.15) is 5.75 Å². The molecule has 226 valence electrons. The molecule has 2 saturated carbocycles. The Kier molecular flexibility index (Phi) is 7.27. The topological polar surface area (TPSA) is 130 Å². The van der Waals surface area contributed by atoms with Gasteiger partial charge in [0.05, 0.1) is 11.3 Å². The number of benzene rings is 2. The minimum atomic E-state index is -0.915. The van der Waals surface area contributed by atoms with Crippen LogP contribution in [0, 0.1) is 18.3 Å². The van der Waals surface area contributed by atoms with Crippen LogP contribution in [0.15, 0.2) is 60.9 Å². The maximum absolute atomic E-state index is 13.2.